The summed E-state index contributed by atoms with van der Waals surface area (Å²) >= 11 is 1.53. The molecule has 2 rings (SSSR count). The van der Waals surface area contributed by atoms with Gasteiger partial charge >= 0.3 is 0 Å². The number of hydrogen-bond donors (Lipinski definition) is 0. The van der Waals surface area contributed by atoms with E-state index in [1.807, 2.05) is 17.5 Å². The SMILES string of the molecule is CC(=O)c1ccccc1OCc1cscn1. The molecule has 0 aliphatic heterocycles. The lowest BCUT2D eigenvalue weighted by Crippen LogP contribution is -2.01. The van der Waals surface area contributed by atoms with Gasteiger partial charge in [0.2, 0.25) is 0 Å². The largest absolute Gasteiger partial charge is 0.487 e. The molecule has 3 nitrogen and oxygen atoms in total. The number of para-hydroxylation sites is 1. The number of carbonyl (C=O) groups excluding carboxylic acids is 1. The molecule has 0 N–H and O–H groups in total. The molecule has 0 aliphatic rings. The van der Waals surface area contributed by atoms with Gasteiger partial charge in [0.05, 0.1) is 16.8 Å². The van der Waals surface area contributed by atoms with Crippen molar-refractivity contribution in [2.75, 3.05) is 0 Å². The number of hydrogen-bond acceptors (Lipinski definition) is 4. The zero-order valence-electron chi connectivity index (χ0n) is 8.84. The van der Waals surface area contributed by atoms with Crippen LogP contribution in [-0.4, -0.2) is 10.8 Å². The van der Waals surface area contributed by atoms with E-state index in [-0.39, 0.29) is 5.78 Å². The molecule has 0 aliphatic carbocycles. The van der Waals surface area contributed by atoms with Gasteiger partial charge in [-0.3, -0.25) is 4.79 Å². The van der Waals surface area contributed by atoms with E-state index in [2.05, 4.69) is 4.98 Å². The number of aromatic nitrogens is 1. The molecule has 0 amide bonds. The summed E-state index contributed by atoms with van der Waals surface area (Å²) in [5, 5.41) is 1.93. The van der Waals surface area contributed by atoms with Crippen LogP contribution in [0.25, 0.3) is 0 Å². The van der Waals surface area contributed by atoms with E-state index in [1.54, 1.807) is 17.6 Å². The Kier molecular flexibility index (Phi) is 3.31. The van der Waals surface area contributed by atoms with E-state index < -0.39 is 0 Å². The third-order valence-corrected chi connectivity index (χ3v) is 2.76. The third-order valence-electron chi connectivity index (χ3n) is 2.13. The van der Waals surface area contributed by atoms with Crippen LogP contribution in [0.4, 0.5) is 0 Å². The quantitative estimate of drug-likeness (QED) is 0.762. The lowest BCUT2D eigenvalue weighted by molar-refractivity contribution is 0.101. The summed E-state index contributed by atoms with van der Waals surface area (Å²) in [4.78, 5) is 15.4. The Morgan fingerprint density at radius 1 is 1.44 bits per heavy atom. The number of ketones is 1. The lowest BCUT2D eigenvalue weighted by atomic mass is 10.1. The first kappa shape index (κ1) is 10.8. The van der Waals surface area contributed by atoms with Crippen LogP contribution in [0, 0.1) is 0 Å². The number of nitrogens with zero attached hydrogens (tertiary/aromatic N) is 1. The average Bonchev–Trinajstić information content (AvgIpc) is 2.79. The van der Waals surface area contributed by atoms with E-state index in [0.29, 0.717) is 17.9 Å². The van der Waals surface area contributed by atoms with Gasteiger partial charge in [0, 0.05) is 5.38 Å². The van der Waals surface area contributed by atoms with Crippen molar-refractivity contribution in [3.8, 4) is 5.75 Å². The van der Waals surface area contributed by atoms with Crippen LogP contribution in [0.5, 0.6) is 5.75 Å². The summed E-state index contributed by atoms with van der Waals surface area (Å²) < 4.78 is 5.57. The van der Waals surface area contributed by atoms with Crippen molar-refractivity contribution >= 4 is 17.1 Å². The van der Waals surface area contributed by atoms with E-state index in [4.69, 9.17) is 4.74 Å². The van der Waals surface area contributed by atoms with E-state index in [1.165, 1.54) is 18.3 Å². The molecule has 0 spiro atoms. The Morgan fingerprint density at radius 2 is 2.25 bits per heavy atom. The van der Waals surface area contributed by atoms with Crippen molar-refractivity contribution in [1.82, 2.24) is 4.98 Å². The molecule has 0 atom stereocenters. The van der Waals surface area contributed by atoms with Crippen molar-refractivity contribution in [3.05, 3.63) is 46.4 Å². The third kappa shape index (κ3) is 2.46. The smallest absolute Gasteiger partial charge is 0.163 e. The van der Waals surface area contributed by atoms with Gasteiger partial charge in [-0.15, -0.1) is 11.3 Å². The number of thiazole rings is 1. The van der Waals surface area contributed by atoms with Gasteiger partial charge in [-0.05, 0) is 19.1 Å². The monoisotopic (exact) mass is 233 g/mol. The zero-order chi connectivity index (χ0) is 11.4. The van der Waals surface area contributed by atoms with Crippen LogP contribution in [0.1, 0.15) is 23.0 Å². The second-order valence-electron chi connectivity index (χ2n) is 3.32. The minimum Gasteiger partial charge on any atom is -0.487 e. The van der Waals surface area contributed by atoms with Crippen molar-refractivity contribution in [2.24, 2.45) is 0 Å². The minimum atomic E-state index is 0.00822. The van der Waals surface area contributed by atoms with Gasteiger partial charge < -0.3 is 4.74 Å². The molecule has 0 saturated carbocycles. The number of carbonyl (C=O) groups is 1. The highest BCUT2D eigenvalue weighted by molar-refractivity contribution is 7.07. The van der Waals surface area contributed by atoms with Crippen molar-refractivity contribution in [3.63, 3.8) is 0 Å². The van der Waals surface area contributed by atoms with Crippen molar-refractivity contribution in [2.45, 2.75) is 13.5 Å². The molecule has 16 heavy (non-hydrogen) atoms. The molecular formula is C12H11NO2S. The molecule has 0 saturated heterocycles. The summed E-state index contributed by atoms with van der Waals surface area (Å²) in [5.74, 6) is 0.622. The first-order valence-corrected chi connectivity index (χ1v) is 5.81. The Morgan fingerprint density at radius 3 is 2.94 bits per heavy atom. The Balaban J connectivity index is 2.12. The van der Waals surface area contributed by atoms with Crippen LogP contribution in [0.2, 0.25) is 0 Å². The van der Waals surface area contributed by atoms with Crippen molar-refractivity contribution in [1.29, 1.82) is 0 Å². The number of benzene rings is 1. The average molecular weight is 233 g/mol. The molecular weight excluding hydrogens is 222 g/mol. The number of ether oxygens (including phenoxy) is 1. The summed E-state index contributed by atoms with van der Waals surface area (Å²) in [5.41, 5.74) is 3.25. The fourth-order valence-electron chi connectivity index (χ4n) is 1.34. The molecule has 82 valence electrons. The van der Waals surface area contributed by atoms with Gasteiger partial charge in [-0.1, -0.05) is 12.1 Å². The standard InChI is InChI=1S/C12H11NO2S/c1-9(14)11-4-2-3-5-12(11)15-6-10-7-16-8-13-10/h2-5,7-8H,6H2,1H3. The van der Waals surface area contributed by atoms with Gasteiger partial charge in [0.1, 0.15) is 12.4 Å². The highest BCUT2D eigenvalue weighted by Crippen LogP contribution is 2.19. The fraction of sp³-hybridized carbons (Fsp3) is 0.167. The molecule has 1 aromatic carbocycles. The maximum absolute atomic E-state index is 11.3. The second kappa shape index (κ2) is 4.90. The maximum atomic E-state index is 11.3. The Labute approximate surface area is 97.7 Å². The number of Topliss-reactive ketones (excluding diaryl/α,β-unsaturated/α-hetero) is 1. The molecule has 0 unspecified atom stereocenters. The van der Waals surface area contributed by atoms with Gasteiger partial charge in [-0.2, -0.15) is 0 Å². The molecule has 4 heteroatoms. The van der Waals surface area contributed by atoms with E-state index >= 15 is 0 Å². The van der Waals surface area contributed by atoms with Gasteiger partial charge in [0.15, 0.2) is 5.78 Å². The molecule has 0 bridgehead atoms. The fourth-order valence-corrected chi connectivity index (χ4v) is 1.89. The van der Waals surface area contributed by atoms with Crippen LogP contribution < -0.4 is 4.74 Å². The topological polar surface area (TPSA) is 39.2 Å². The second-order valence-corrected chi connectivity index (χ2v) is 4.04. The summed E-state index contributed by atoms with van der Waals surface area (Å²) in [6, 6.07) is 7.23. The molecule has 2 aromatic rings. The van der Waals surface area contributed by atoms with Gasteiger partial charge in [-0.25, -0.2) is 4.98 Å². The van der Waals surface area contributed by atoms with Crippen LogP contribution >= 0.6 is 11.3 Å². The maximum Gasteiger partial charge on any atom is 0.163 e. The van der Waals surface area contributed by atoms with Crippen LogP contribution in [0.3, 0.4) is 0 Å². The first-order chi connectivity index (χ1) is 7.77. The lowest BCUT2D eigenvalue weighted by Gasteiger charge is -2.07. The molecule has 0 fully saturated rings. The Bertz CT molecular complexity index is 480. The predicted molar refractivity (Wildman–Crippen MR) is 62.9 cm³/mol. The zero-order valence-corrected chi connectivity index (χ0v) is 9.66. The van der Waals surface area contributed by atoms with Gasteiger partial charge in [0.25, 0.3) is 0 Å². The summed E-state index contributed by atoms with van der Waals surface area (Å²) in [6.07, 6.45) is 0. The highest BCUT2D eigenvalue weighted by atomic mass is 32.1. The Hall–Kier alpha value is -1.68. The first-order valence-electron chi connectivity index (χ1n) is 4.87. The number of rotatable bonds is 4. The van der Waals surface area contributed by atoms with Crippen LogP contribution in [0.15, 0.2) is 35.2 Å². The highest BCUT2D eigenvalue weighted by Gasteiger charge is 2.07. The summed E-state index contributed by atoms with van der Waals surface area (Å²) in [7, 11) is 0. The van der Waals surface area contributed by atoms with Crippen LogP contribution in [-0.2, 0) is 6.61 Å². The molecule has 1 heterocycles. The normalized spacial score (nSPS) is 10.1. The molecule has 0 radical (unpaired) electrons. The molecule has 1 aromatic heterocycles. The van der Waals surface area contributed by atoms with E-state index in [0.717, 1.165) is 5.69 Å². The summed E-state index contributed by atoms with van der Waals surface area (Å²) in [6.45, 7) is 1.93. The minimum absolute atomic E-state index is 0.00822. The predicted octanol–water partition coefficient (Wildman–Crippen LogP) is 2.92. The van der Waals surface area contributed by atoms with E-state index in [9.17, 15) is 4.79 Å². The van der Waals surface area contributed by atoms with Crippen molar-refractivity contribution < 1.29 is 9.53 Å².